The van der Waals surface area contributed by atoms with Gasteiger partial charge in [0.25, 0.3) is 0 Å². The predicted molar refractivity (Wildman–Crippen MR) is 63.8 cm³/mol. The van der Waals surface area contributed by atoms with Crippen LogP contribution in [0.1, 0.15) is 46.6 Å². The van der Waals surface area contributed by atoms with Gasteiger partial charge >= 0.3 is 0 Å². The van der Waals surface area contributed by atoms with Crippen molar-refractivity contribution in [2.75, 3.05) is 0 Å². The van der Waals surface area contributed by atoms with Crippen molar-refractivity contribution >= 4 is 0 Å². The molecule has 3 heteroatoms. The monoisotopic (exact) mass is 209 g/mol. The van der Waals surface area contributed by atoms with Gasteiger partial charge in [-0.25, -0.2) is 0 Å². The SMILES string of the molecule is CCC(C)NCc1cnn(C(C)(C)C)c1. The first-order valence-electron chi connectivity index (χ1n) is 5.71. The normalized spacial score (nSPS) is 14.2. The molecular formula is C12H23N3. The van der Waals surface area contributed by atoms with Crippen molar-refractivity contribution in [3.05, 3.63) is 18.0 Å². The zero-order chi connectivity index (χ0) is 11.5. The average molecular weight is 209 g/mol. The van der Waals surface area contributed by atoms with Gasteiger partial charge < -0.3 is 5.32 Å². The second-order valence-corrected chi connectivity index (χ2v) is 5.15. The van der Waals surface area contributed by atoms with Crippen LogP contribution >= 0.6 is 0 Å². The van der Waals surface area contributed by atoms with E-state index >= 15 is 0 Å². The molecule has 86 valence electrons. The van der Waals surface area contributed by atoms with Gasteiger partial charge in [0.2, 0.25) is 0 Å². The fourth-order valence-electron chi connectivity index (χ4n) is 1.25. The molecule has 1 unspecified atom stereocenters. The molecule has 3 nitrogen and oxygen atoms in total. The molecule has 0 bridgehead atoms. The van der Waals surface area contributed by atoms with Crippen molar-refractivity contribution in [1.82, 2.24) is 15.1 Å². The summed E-state index contributed by atoms with van der Waals surface area (Å²) < 4.78 is 2.01. The Morgan fingerprint density at radius 2 is 2.13 bits per heavy atom. The topological polar surface area (TPSA) is 29.9 Å². The molecule has 1 N–H and O–H groups in total. The third kappa shape index (κ3) is 3.67. The first-order chi connectivity index (χ1) is 6.93. The molecule has 0 saturated heterocycles. The van der Waals surface area contributed by atoms with Crippen LogP contribution in [0.4, 0.5) is 0 Å². The summed E-state index contributed by atoms with van der Waals surface area (Å²) in [7, 11) is 0. The number of aromatic nitrogens is 2. The van der Waals surface area contributed by atoms with Crippen LogP contribution in [0, 0.1) is 0 Å². The number of hydrogen-bond donors (Lipinski definition) is 1. The lowest BCUT2D eigenvalue weighted by molar-refractivity contribution is 0.355. The molecule has 15 heavy (non-hydrogen) atoms. The Balaban J connectivity index is 2.54. The lowest BCUT2D eigenvalue weighted by Gasteiger charge is -2.18. The van der Waals surface area contributed by atoms with E-state index in [-0.39, 0.29) is 5.54 Å². The maximum absolute atomic E-state index is 4.37. The smallest absolute Gasteiger partial charge is 0.0543 e. The fourth-order valence-corrected chi connectivity index (χ4v) is 1.25. The van der Waals surface area contributed by atoms with E-state index in [1.807, 2.05) is 10.9 Å². The van der Waals surface area contributed by atoms with Gasteiger partial charge in [-0.15, -0.1) is 0 Å². The van der Waals surface area contributed by atoms with E-state index in [0.29, 0.717) is 6.04 Å². The molecule has 1 aromatic rings. The molecular weight excluding hydrogens is 186 g/mol. The lowest BCUT2D eigenvalue weighted by atomic mass is 10.1. The van der Waals surface area contributed by atoms with Gasteiger partial charge in [0, 0.05) is 24.3 Å². The molecule has 1 heterocycles. The molecule has 1 rings (SSSR count). The van der Waals surface area contributed by atoms with Gasteiger partial charge in [-0.2, -0.15) is 5.10 Å². The van der Waals surface area contributed by atoms with Crippen LogP contribution in [0.3, 0.4) is 0 Å². The summed E-state index contributed by atoms with van der Waals surface area (Å²) in [4.78, 5) is 0. The number of rotatable bonds is 4. The highest BCUT2D eigenvalue weighted by atomic mass is 15.3. The molecule has 0 aromatic carbocycles. The van der Waals surface area contributed by atoms with E-state index in [4.69, 9.17) is 0 Å². The molecule has 0 aliphatic heterocycles. The van der Waals surface area contributed by atoms with Crippen molar-refractivity contribution in [2.45, 2.75) is 59.2 Å². The zero-order valence-corrected chi connectivity index (χ0v) is 10.5. The number of nitrogens with one attached hydrogen (secondary N) is 1. The fraction of sp³-hybridized carbons (Fsp3) is 0.750. The Kier molecular flexibility index (Phi) is 3.91. The largest absolute Gasteiger partial charge is 0.310 e. The van der Waals surface area contributed by atoms with E-state index < -0.39 is 0 Å². The van der Waals surface area contributed by atoms with E-state index in [0.717, 1.165) is 13.0 Å². The van der Waals surface area contributed by atoms with E-state index in [2.05, 4.69) is 51.2 Å². The average Bonchev–Trinajstić information content (AvgIpc) is 2.61. The van der Waals surface area contributed by atoms with E-state index in [1.165, 1.54) is 5.56 Å². The quantitative estimate of drug-likeness (QED) is 0.826. The van der Waals surface area contributed by atoms with Crippen molar-refractivity contribution in [3.63, 3.8) is 0 Å². The van der Waals surface area contributed by atoms with Crippen molar-refractivity contribution < 1.29 is 0 Å². The highest BCUT2D eigenvalue weighted by Gasteiger charge is 2.13. The van der Waals surface area contributed by atoms with Gasteiger partial charge in [-0.1, -0.05) is 6.92 Å². The van der Waals surface area contributed by atoms with Gasteiger partial charge in [-0.05, 0) is 34.1 Å². The predicted octanol–water partition coefficient (Wildman–Crippen LogP) is 2.53. The molecule has 0 aliphatic carbocycles. The summed E-state index contributed by atoms with van der Waals surface area (Å²) in [6.07, 6.45) is 5.23. The Morgan fingerprint density at radius 1 is 1.47 bits per heavy atom. The highest BCUT2D eigenvalue weighted by molar-refractivity contribution is 5.04. The standard InChI is InChI=1S/C12H23N3/c1-6-10(2)13-7-11-8-14-15(9-11)12(3,4)5/h8-10,13H,6-7H2,1-5H3. The van der Waals surface area contributed by atoms with Crippen molar-refractivity contribution in [1.29, 1.82) is 0 Å². The maximum atomic E-state index is 4.37. The molecule has 0 amide bonds. The Hall–Kier alpha value is -0.830. The van der Waals surface area contributed by atoms with Gasteiger partial charge in [-0.3, -0.25) is 4.68 Å². The van der Waals surface area contributed by atoms with E-state index in [9.17, 15) is 0 Å². The summed E-state index contributed by atoms with van der Waals surface area (Å²) in [6, 6.07) is 0.572. The molecule has 0 spiro atoms. The van der Waals surface area contributed by atoms with Crippen molar-refractivity contribution in [2.24, 2.45) is 0 Å². The van der Waals surface area contributed by atoms with Gasteiger partial charge in [0.05, 0.1) is 11.7 Å². The van der Waals surface area contributed by atoms with Crippen LogP contribution < -0.4 is 5.32 Å². The maximum Gasteiger partial charge on any atom is 0.0543 e. The zero-order valence-electron chi connectivity index (χ0n) is 10.5. The molecule has 0 aliphatic rings. The van der Waals surface area contributed by atoms with Gasteiger partial charge in [0.1, 0.15) is 0 Å². The summed E-state index contributed by atoms with van der Waals surface area (Å²) in [5.41, 5.74) is 1.33. The summed E-state index contributed by atoms with van der Waals surface area (Å²) in [5.74, 6) is 0. The van der Waals surface area contributed by atoms with Crippen LogP contribution in [0.5, 0.6) is 0 Å². The Bertz CT molecular complexity index is 296. The second-order valence-electron chi connectivity index (χ2n) is 5.15. The molecule has 0 radical (unpaired) electrons. The Labute approximate surface area is 92.9 Å². The third-order valence-corrected chi connectivity index (χ3v) is 2.59. The van der Waals surface area contributed by atoms with Crippen molar-refractivity contribution in [3.8, 4) is 0 Å². The molecule has 0 fully saturated rings. The van der Waals surface area contributed by atoms with Gasteiger partial charge in [0.15, 0.2) is 0 Å². The Morgan fingerprint density at radius 3 is 2.60 bits per heavy atom. The van der Waals surface area contributed by atoms with E-state index in [1.54, 1.807) is 0 Å². The highest BCUT2D eigenvalue weighted by Crippen LogP contribution is 2.13. The molecule has 1 aromatic heterocycles. The first kappa shape index (κ1) is 12.2. The first-order valence-corrected chi connectivity index (χ1v) is 5.71. The van der Waals surface area contributed by atoms with Crippen LogP contribution in [0.2, 0.25) is 0 Å². The molecule has 1 atom stereocenters. The summed E-state index contributed by atoms with van der Waals surface area (Å²) in [6.45, 7) is 11.8. The number of nitrogens with zero attached hydrogens (tertiary/aromatic N) is 2. The minimum Gasteiger partial charge on any atom is -0.310 e. The van der Waals surface area contributed by atoms with Crippen LogP contribution in [-0.2, 0) is 12.1 Å². The summed E-state index contributed by atoms with van der Waals surface area (Å²) in [5, 5.41) is 7.83. The lowest BCUT2D eigenvalue weighted by Crippen LogP contribution is -2.24. The summed E-state index contributed by atoms with van der Waals surface area (Å²) >= 11 is 0. The number of hydrogen-bond acceptors (Lipinski definition) is 2. The molecule has 0 saturated carbocycles. The van der Waals surface area contributed by atoms with Crippen LogP contribution in [-0.4, -0.2) is 15.8 Å². The minimum atomic E-state index is 0.0780. The minimum absolute atomic E-state index is 0.0780. The van der Waals surface area contributed by atoms with Crippen LogP contribution in [0.15, 0.2) is 12.4 Å². The second kappa shape index (κ2) is 4.79. The van der Waals surface area contributed by atoms with Crippen LogP contribution in [0.25, 0.3) is 0 Å². The third-order valence-electron chi connectivity index (χ3n) is 2.59.